The molecular weight excluding hydrogens is 900 g/mol. The van der Waals surface area contributed by atoms with Crippen LogP contribution in [0.2, 0.25) is 0 Å². The maximum Gasteiger partial charge on any atom is 0.268 e. The van der Waals surface area contributed by atoms with Crippen molar-refractivity contribution < 1.29 is 32.9 Å². The first-order valence-corrected chi connectivity index (χ1v) is 33.0. The maximum absolute atomic E-state index is 13.0. The van der Waals surface area contributed by atoms with Gasteiger partial charge in [0, 0.05) is 6.42 Å². The Morgan fingerprint density at radius 1 is 0.479 bits per heavy atom. The zero-order valence-corrected chi connectivity index (χ0v) is 49.4. The van der Waals surface area contributed by atoms with Crippen LogP contribution >= 0.6 is 7.82 Å². The number of carbonyl (C=O) groups is 1. The summed E-state index contributed by atoms with van der Waals surface area (Å²) in [5.74, 6) is -0.158. The van der Waals surface area contributed by atoms with Crippen molar-refractivity contribution in [1.82, 2.24) is 5.32 Å². The third kappa shape index (κ3) is 56.8. The summed E-state index contributed by atoms with van der Waals surface area (Å²) < 4.78 is 23.5. The van der Waals surface area contributed by atoms with Gasteiger partial charge in [-0.1, -0.05) is 296 Å². The second kappa shape index (κ2) is 54.0. The summed E-state index contributed by atoms with van der Waals surface area (Å²) in [6, 6.07) is -0.798. The average molecular weight is 1030 g/mol. The molecule has 0 saturated heterocycles. The fourth-order valence-corrected chi connectivity index (χ4v) is 10.5. The maximum atomic E-state index is 13.0. The number of aliphatic hydroxyl groups is 1. The van der Waals surface area contributed by atoms with Crippen molar-refractivity contribution in [3.63, 3.8) is 0 Å². The van der Waals surface area contributed by atoms with Crippen LogP contribution in [0, 0.1) is 0 Å². The normalized spacial score (nSPS) is 13.8. The SMILES string of the molecule is CCCCCCCCCCCCCC/C=C\CCCCCCCCCCCCCCCC(=O)NC(COP(=O)([O-])OCC[N+](C)(C)C)C(O)CCCCCCCCCCCCCCCCCCCCCC. The van der Waals surface area contributed by atoms with Crippen molar-refractivity contribution in [3.05, 3.63) is 12.2 Å². The van der Waals surface area contributed by atoms with E-state index in [9.17, 15) is 19.4 Å². The highest BCUT2D eigenvalue weighted by Crippen LogP contribution is 2.38. The largest absolute Gasteiger partial charge is 0.756 e. The second-order valence-corrected chi connectivity index (χ2v) is 24.5. The quantitative estimate of drug-likeness (QED) is 0.0272. The van der Waals surface area contributed by atoms with Crippen LogP contribution in [0.3, 0.4) is 0 Å². The molecule has 0 aliphatic carbocycles. The molecule has 1 amide bonds. The number of aliphatic hydroxyl groups excluding tert-OH is 1. The average Bonchev–Trinajstić information content (AvgIpc) is 3.33. The van der Waals surface area contributed by atoms with Crippen molar-refractivity contribution in [2.24, 2.45) is 0 Å². The van der Waals surface area contributed by atoms with Gasteiger partial charge in [0.2, 0.25) is 5.91 Å². The van der Waals surface area contributed by atoms with Gasteiger partial charge in [0.25, 0.3) is 7.82 Å². The topological polar surface area (TPSA) is 108 Å². The van der Waals surface area contributed by atoms with Gasteiger partial charge < -0.3 is 28.8 Å². The molecule has 2 N–H and O–H groups in total. The molecule has 0 spiro atoms. The molecule has 0 aromatic carbocycles. The molecule has 0 aromatic rings. The first-order chi connectivity index (χ1) is 34.5. The molecule has 0 fully saturated rings. The van der Waals surface area contributed by atoms with Crippen LogP contribution < -0.4 is 10.2 Å². The van der Waals surface area contributed by atoms with Gasteiger partial charge in [-0.25, -0.2) is 0 Å². The van der Waals surface area contributed by atoms with Gasteiger partial charge in [0.15, 0.2) is 0 Å². The van der Waals surface area contributed by atoms with E-state index in [2.05, 4.69) is 31.3 Å². The lowest BCUT2D eigenvalue weighted by Gasteiger charge is -2.30. The third-order valence-electron chi connectivity index (χ3n) is 14.8. The van der Waals surface area contributed by atoms with Crippen molar-refractivity contribution in [2.75, 3.05) is 40.9 Å². The summed E-state index contributed by atoms with van der Waals surface area (Å²) in [5, 5.41) is 14.1. The van der Waals surface area contributed by atoms with E-state index in [1.807, 2.05) is 21.1 Å². The molecule has 0 aromatic heterocycles. The Bertz CT molecular complexity index is 1160. The smallest absolute Gasteiger partial charge is 0.268 e. The van der Waals surface area contributed by atoms with E-state index in [-0.39, 0.29) is 19.1 Å². The molecule has 0 heterocycles. The number of likely N-dealkylation sites (N-methyl/N-ethyl adjacent to an activating group) is 1. The van der Waals surface area contributed by atoms with Gasteiger partial charge in [-0.2, -0.15) is 0 Å². The number of amides is 1. The zero-order chi connectivity index (χ0) is 52.0. The minimum absolute atomic E-state index is 0.0151. The first-order valence-electron chi connectivity index (χ1n) is 31.5. The number of rotatable bonds is 59. The Labute approximate surface area is 443 Å². The molecular formula is C62H125N2O6P. The van der Waals surface area contributed by atoms with E-state index in [4.69, 9.17) is 9.05 Å². The predicted octanol–water partition coefficient (Wildman–Crippen LogP) is 18.8. The van der Waals surface area contributed by atoms with Crippen LogP contribution in [0.5, 0.6) is 0 Å². The first kappa shape index (κ1) is 70.2. The standard InChI is InChI=1S/C62H125N2O6P/c1-6-8-10-12-14-16-18-20-22-24-26-28-29-30-31-32-33-34-35-36-38-40-42-44-46-48-50-52-54-56-62(66)63-60(59-70-71(67,68)69-58-57-64(3,4)5)61(65)55-53-51-49-47-45-43-41-39-37-27-25-23-21-19-17-15-13-11-9-7-2/h30-31,60-61,65H,6-29,32-59H2,1-5H3,(H-,63,66,67,68)/b31-30-. The minimum Gasteiger partial charge on any atom is -0.756 e. The van der Waals surface area contributed by atoms with Crippen LogP contribution in [-0.4, -0.2) is 68.5 Å². The Morgan fingerprint density at radius 2 is 0.775 bits per heavy atom. The fraction of sp³-hybridized carbons (Fsp3) is 0.952. The molecule has 424 valence electrons. The van der Waals surface area contributed by atoms with Crippen LogP contribution in [0.4, 0.5) is 0 Å². The molecule has 0 radical (unpaired) electrons. The molecule has 3 atom stereocenters. The number of hydrogen-bond acceptors (Lipinski definition) is 6. The van der Waals surface area contributed by atoms with Crippen LogP contribution in [-0.2, 0) is 18.4 Å². The molecule has 8 nitrogen and oxygen atoms in total. The molecule has 0 aliphatic heterocycles. The summed E-state index contributed by atoms with van der Waals surface area (Å²) in [6.45, 7) is 4.78. The van der Waals surface area contributed by atoms with E-state index in [1.165, 1.54) is 263 Å². The number of hydrogen-bond donors (Lipinski definition) is 2. The molecule has 9 heteroatoms. The number of nitrogens with zero attached hydrogens (tertiary/aromatic N) is 1. The number of phosphoric acid groups is 1. The number of unbranched alkanes of at least 4 members (excludes halogenated alkanes) is 44. The van der Waals surface area contributed by atoms with E-state index >= 15 is 0 Å². The molecule has 3 unspecified atom stereocenters. The van der Waals surface area contributed by atoms with Crippen LogP contribution in [0.15, 0.2) is 12.2 Å². The lowest BCUT2D eigenvalue weighted by Crippen LogP contribution is -2.46. The summed E-state index contributed by atoms with van der Waals surface area (Å²) in [5.41, 5.74) is 0. The van der Waals surface area contributed by atoms with Crippen molar-refractivity contribution >= 4 is 13.7 Å². The van der Waals surface area contributed by atoms with E-state index in [0.717, 1.165) is 38.5 Å². The van der Waals surface area contributed by atoms with Crippen molar-refractivity contribution in [2.45, 2.75) is 341 Å². The Balaban J connectivity index is 4.05. The fourth-order valence-electron chi connectivity index (χ4n) is 9.80. The number of allylic oxidation sites excluding steroid dienone is 2. The van der Waals surface area contributed by atoms with Crippen molar-refractivity contribution in [3.8, 4) is 0 Å². The van der Waals surface area contributed by atoms with Gasteiger partial charge >= 0.3 is 0 Å². The molecule has 0 saturated carbocycles. The van der Waals surface area contributed by atoms with E-state index in [1.54, 1.807) is 0 Å². The van der Waals surface area contributed by atoms with Gasteiger partial charge in [-0.05, 0) is 38.5 Å². The second-order valence-electron chi connectivity index (χ2n) is 23.1. The highest BCUT2D eigenvalue weighted by molar-refractivity contribution is 7.45. The summed E-state index contributed by atoms with van der Waals surface area (Å²) >= 11 is 0. The summed E-state index contributed by atoms with van der Waals surface area (Å²) in [6.07, 6.45) is 66.9. The van der Waals surface area contributed by atoms with Crippen LogP contribution in [0.25, 0.3) is 0 Å². The van der Waals surface area contributed by atoms with Gasteiger partial charge in [0.1, 0.15) is 13.2 Å². The molecule has 0 bridgehead atoms. The summed E-state index contributed by atoms with van der Waals surface area (Å²) in [4.78, 5) is 25.6. The van der Waals surface area contributed by atoms with Gasteiger partial charge in [-0.3, -0.25) is 9.36 Å². The number of phosphoric ester groups is 1. The Hall–Kier alpha value is -0.760. The van der Waals surface area contributed by atoms with E-state index < -0.39 is 20.0 Å². The number of carbonyl (C=O) groups excluding carboxylic acids is 1. The monoisotopic (exact) mass is 1020 g/mol. The van der Waals surface area contributed by atoms with Crippen LogP contribution in [0.1, 0.15) is 328 Å². The predicted molar refractivity (Wildman–Crippen MR) is 307 cm³/mol. The molecule has 0 rings (SSSR count). The van der Waals surface area contributed by atoms with Crippen molar-refractivity contribution in [1.29, 1.82) is 0 Å². The highest BCUT2D eigenvalue weighted by Gasteiger charge is 2.24. The lowest BCUT2D eigenvalue weighted by atomic mass is 10.0. The third-order valence-corrected chi connectivity index (χ3v) is 15.7. The summed E-state index contributed by atoms with van der Waals surface area (Å²) in [7, 11) is 1.32. The molecule has 0 aliphatic rings. The highest BCUT2D eigenvalue weighted by atomic mass is 31.2. The minimum atomic E-state index is -4.57. The molecule has 71 heavy (non-hydrogen) atoms. The lowest BCUT2D eigenvalue weighted by molar-refractivity contribution is -0.870. The van der Waals surface area contributed by atoms with Gasteiger partial charge in [-0.15, -0.1) is 0 Å². The van der Waals surface area contributed by atoms with Gasteiger partial charge in [0.05, 0.1) is 39.9 Å². The Morgan fingerprint density at radius 3 is 1.10 bits per heavy atom. The number of nitrogens with one attached hydrogen (secondary N) is 1. The zero-order valence-electron chi connectivity index (χ0n) is 48.5. The Kier molecular flexibility index (Phi) is 53.5. The number of quaternary nitrogens is 1. The van der Waals surface area contributed by atoms with E-state index in [0.29, 0.717) is 23.9 Å².